The lowest BCUT2D eigenvalue weighted by atomic mass is 10.1. The Morgan fingerprint density at radius 3 is 1.96 bits per heavy atom. The Hall–Kier alpha value is -2.52. The van der Waals surface area contributed by atoms with E-state index in [1.807, 2.05) is 63.7 Å². The van der Waals surface area contributed by atoms with Crippen LogP contribution in [0.1, 0.15) is 142 Å². The Morgan fingerprint density at radius 2 is 1.29 bits per heavy atom. The zero-order valence-electron chi connectivity index (χ0n) is 35.9. The minimum absolute atomic E-state index is 0.00264. The highest BCUT2D eigenvalue weighted by atomic mass is 31.2. The number of aliphatic hydroxyl groups is 1. The third-order valence-electron chi connectivity index (χ3n) is 8.60. The number of allylic oxidation sites excluding steroid dienone is 11. The molecule has 0 aromatic heterocycles. The third kappa shape index (κ3) is 41.1. The number of quaternary nitrogens is 1. The van der Waals surface area contributed by atoms with Crippen LogP contribution in [0, 0.1) is 0 Å². The minimum atomic E-state index is -4.55. The first-order valence-electron chi connectivity index (χ1n) is 21.5. The van der Waals surface area contributed by atoms with Crippen LogP contribution in [-0.2, 0) is 27.9 Å². The third-order valence-corrected chi connectivity index (χ3v) is 9.56. The van der Waals surface area contributed by atoms with Gasteiger partial charge < -0.3 is 33.0 Å². The Kier molecular flexibility index (Phi) is 36.3. The van der Waals surface area contributed by atoms with Crippen molar-refractivity contribution in [2.75, 3.05) is 47.5 Å². The fraction of sp³-hybridized carbons (Fsp3) is 0.674. The van der Waals surface area contributed by atoms with Crippen molar-refractivity contribution in [3.05, 3.63) is 85.3 Å². The molecule has 1 N–H and O–H groups in total. The molecule has 0 aliphatic heterocycles. The first-order chi connectivity index (χ1) is 27.0. The predicted molar refractivity (Wildman–Crippen MR) is 232 cm³/mol. The summed E-state index contributed by atoms with van der Waals surface area (Å²) in [6.45, 7) is 4.39. The number of hydrogen-bond donors (Lipinski definition) is 1. The molecule has 2 unspecified atom stereocenters. The van der Waals surface area contributed by atoms with Crippen molar-refractivity contribution in [1.29, 1.82) is 0 Å². The van der Waals surface area contributed by atoms with Gasteiger partial charge in [0.25, 0.3) is 7.82 Å². The maximum absolute atomic E-state index is 12.5. The van der Waals surface area contributed by atoms with Gasteiger partial charge in [0.2, 0.25) is 0 Å². The highest BCUT2D eigenvalue weighted by molar-refractivity contribution is 7.45. The van der Waals surface area contributed by atoms with E-state index in [1.165, 1.54) is 64.2 Å². The van der Waals surface area contributed by atoms with Gasteiger partial charge in [-0.3, -0.25) is 9.36 Å². The van der Waals surface area contributed by atoms with Crippen molar-refractivity contribution < 1.29 is 42.4 Å². The van der Waals surface area contributed by atoms with E-state index in [0.29, 0.717) is 23.9 Å². The van der Waals surface area contributed by atoms with Crippen molar-refractivity contribution in [1.82, 2.24) is 0 Å². The molecule has 0 spiro atoms. The zero-order valence-corrected chi connectivity index (χ0v) is 36.8. The van der Waals surface area contributed by atoms with Crippen LogP contribution in [0.5, 0.6) is 0 Å². The predicted octanol–water partition coefficient (Wildman–Crippen LogP) is 11.2. The second kappa shape index (κ2) is 38.0. The number of hydrogen-bond acceptors (Lipinski definition) is 8. The van der Waals surface area contributed by atoms with Gasteiger partial charge in [-0.15, -0.1) is 0 Å². The number of phosphoric ester groups is 1. The Bertz CT molecular complexity index is 1180. The standard InChI is InChI=1S/C46H80NO8P/c1-6-8-10-12-14-15-16-17-18-19-20-21-24-27-31-35-40-52-45(43-55-56(50,51)54-41-39-47(3,4)5)42-53-46(49)38-34-30-26-23-22-25-29-33-37-44(48)36-32-28-13-11-9-7-2/h9,11,15-16,23,25-26,28-29,32-33,35,37,40,44-45,48H,6-8,10,12-14,17-22,24,27,30-31,34,36,38-39,41-43H2,1-5H3/b11-9-,16-15-,26-23-,29-25-,32-28-,37-33+,40-35+/t44?,45-/m1/s1. The van der Waals surface area contributed by atoms with Crippen LogP contribution in [0.25, 0.3) is 0 Å². The van der Waals surface area contributed by atoms with Gasteiger partial charge >= 0.3 is 5.97 Å². The van der Waals surface area contributed by atoms with E-state index >= 15 is 0 Å². The summed E-state index contributed by atoms with van der Waals surface area (Å²) < 4.78 is 34.2. The molecule has 56 heavy (non-hydrogen) atoms. The molecule has 0 saturated heterocycles. The number of nitrogens with zero attached hydrogens (tertiary/aromatic N) is 1. The molecule has 0 aliphatic rings. The lowest BCUT2D eigenvalue weighted by molar-refractivity contribution is -0.870. The highest BCUT2D eigenvalue weighted by Crippen LogP contribution is 2.38. The van der Waals surface area contributed by atoms with Gasteiger partial charge in [0.15, 0.2) is 6.10 Å². The number of aliphatic hydroxyl groups excluding tert-OH is 1. The van der Waals surface area contributed by atoms with Crippen LogP contribution < -0.4 is 4.89 Å². The molecule has 0 aromatic rings. The second-order valence-corrected chi connectivity index (χ2v) is 16.6. The first-order valence-corrected chi connectivity index (χ1v) is 22.9. The van der Waals surface area contributed by atoms with E-state index < -0.39 is 20.0 Å². The van der Waals surface area contributed by atoms with E-state index in [-0.39, 0.29) is 32.2 Å². The molecule has 0 rings (SSSR count). The molecule has 0 amide bonds. The summed E-state index contributed by atoms with van der Waals surface area (Å²) in [7, 11) is 1.28. The number of unbranched alkanes of at least 4 members (excludes halogenated alkanes) is 12. The summed E-state index contributed by atoms with van der Waals surface area (Å²) in [4.78, 5) is 24.8. The first kappa shape index (κ1) is 53.5. The normalized spacial score (nSPS) is 15.1. The molecule has 0 aromatic carbocycles. The molecule has 0 fully saturated rings. The molecule has 10 heteroatoms. The van der Waals surface area contributed by atoms with Gasteiger partial charge in [0.05, 0.1) is 40.1 Å². The van der Waals surface area contributed by atoms with Gasteiger partial charge in [-0.05, 0) is 83.1 Å². The fourth-order valence-electron chi connectivity index (χ4n) is 5.17. The van der Waals surface area contributed by atoms with Crippen LogP contribution in [0.2, 0.25) is 0 Å². The lowest BCUT2D eigenvalue weighted by Crippen LogP contribution is -2.37. The largest absolute Gasteiger partial charge is 0.756 e. The maximum Gasteiger partial charge on any atom is 0.305 e. The Labute approximate surface area is 342 Å². The topological polar surface area (TPSA) is 114 Å². The molecule has 0 aliphatic carbocycles. The van der Waals surface area contributed by atoms with Crippen LogP contribution in [0.15, 0.2) is 85.3 Å². The Balaban J connectivity index is 4.49. The fourth-order valence-corrected chi connectivity index (χ4v) is 5.90. The number of likely N-dealkylation sites (N-methyl/N-ethyl adjacent to an activating group) is 1. The summed E-state index contributed by atoms with van der Waals surface area (Å²) in [5.74, 6) is -0.380. The smallest absolute Gasteiger partial charge is 0.305 e. The average molecular weight is 806 g/mol. The Morgan fingerprint density at radius 1 is 0.696 bits per heavy atom. The maximum atomic E-state index is 12.5. The van der Waals surface area contributed by atoms with Crippen molar-refractivity contribution in [2.45, 2.75) is 154 Å². The molecule has 0 bridgehead atoms. The van der Waals surface area contributed by atoms with Crippen molar-refractivity contribution in [2.24, 2.45) is 0 Å². The summed E-state index contributed by atoms with van der Waals surface area (Å²) in [5, 5.41) is 10.0. The highest BCUT2D eigenvalue weighted by Gasteiger charge is 2.19. The van der Waals surface area contributed by atoms with E-state index in [9.17, 15) is 19.4 Å². The second-order valence-electron chi connectivity index (χ2n) is 15.2. The van der Waals surface area contributed by atoms with Crippen molar-refractivity contribution in [3.8, 4) is 0 Å². The van der Waals surface area contributed by atoms with Crippen LogP contribution in [-0.4, -0.2) is 75.3 Å². The molecule has 3 atom stereocenters. The number of esters is 1. The summed E-state index contributed by atoms with van der Waals surface area (Å²) in [6.07, 6.45) is 47.3. The van der Waals surface area contributed by atoms with Crippen molar-refractivity contribution >= 4 is 13.8 Å². The molecule has 0 radical (unpaired) electrons. The van der Waals surface area contributed by atoms with Gasteiger partial charge in [0.1, 0.15) is 19.8 Å². The molecular formula is C46H80NO8P. The molecular weight excluding hydrogens is 725 g/mol. The molecule has 0 heterocycles. The zero-order chi connectivity index (χ0) is 41.4. The minimum Gasteiger partial charge on any atom is -0.756 e. The SMILES string of the molecule is CC/C=C\C/C=C\CC(O)/C=C/C=C\C/C=C\CCCC(=O)OC[C@H](COP(=O)([O-])OCC[N+](C)(C)C)O/C=C/CCCCCCCC/C=C\CCCCCC. The molecule has 0 saturated carbocycles. The van der Waals surface area contributed by atoms with Gasteiger partial charge in [-0.1, -0.05) is 132 Å². The average Bonchev–Trinajstić information content (AvgIpc) is 3.15. The summed E-state index contributed by atoms with van der Waals surface area (Å²) >= 11 is 0. The number of ether oxygens (including phenoxy) is 2. The number of phosphoric acid groups is 1. The lowest BCUT2D eigenvalue weighted by Gasteiger charge is -2.28. The van der Waals surface area contributed by atoms with Gasteiger partial charge in [0, 0.05) is 6.42 Å². The van der Waals surface area contributed by atoms with Crippen LogP contribution >= 0.6 is 7.82 Å². The monoisotopic (exact) mass is 806 g/mol. The quantitative estimate of drug-likeness (QED) is 0.0125. The van der Waals surface area contributed by atoms with E-state index in [4.69, 9.17) is 18.5 Å². The van der Waals surface area contributed by atoms with Gasteiger partial charge in [-0.2, -0.15) is 0 Å². The van der Waals surface area contributed by atoms with E-state index in [0.717, 1.165) is 44.9 Å². The molecule has 9 nitrogen and oxygen atoms in total. The van der Waals surface area contributed by atoms with E-state index in [2.05, 4.69) is 44.2 Å². The van der Waals surface area contributed by atoms with Crippen LogP contribution in [0.3, 0.4) is 0 Å². The number of rotatable bonds is 38. The van der Waals surface area contributed by atoms with Crippen LogP contribution in [0.4, 0.5) is 0 Å². The summed E-state index contributed by atoms with van der Waals surface area (Å²) in [6, 6.07) is 0. The van der Waals surface area contributed by atoms with Crippen molar-refractivity contribution in [3.63, 3.8) is 0 Å². The number of carbonyl (C=O) groups excluding carboxylic acids is 1. The van der Waals surface area contributed by atoms with Gasteiger partial charge in [-0.25, -0.2) is 0 Å². The summed E-state index contributed by atoms with van der Waals surface area (Å²) in [5.41, 5.74) is 0. The number of carbonyl (C=O) groups is 1. The molecule has 322 valence electrons. The van der Waals surface area contributed by atoms with E-state index in [1.54, 1.807) is 12.3 Å².